The first-order valence-electron chi connectivity index (χ1n) is 12.4. The molecule has 0 saturated heterocycles. The van der Waals surface area contributed by atoms with E-state index in [-0.39, 0.29) is 17.3 Å². The Morgan fingerprint density at radius 3 is 2.31 bits per heavy atom. The molecule has 3 aromatic carbocycles. The van der Waals surface area contributed by atoms with Crippen molar-refractivity contribution >= 4 is 51.9 Å². The molecule has 0 spiro atoms. The standard InChI is InChI=1S/C29H26Cl2N6O2/c1-3-4-5-19-6-12-22(13-7-19)35-28-27(37(38)39)29(34-17-33-28)36-26-15-25(31)23(14-18(26)2)24(16-32)20-8-10-21(30)11-9-20/h6-15,17,24H,3-5H2,1-2H3,(H2,33,34,35,36). The molecule has 0 aliphatic carbocycles. The first-order chi connectivity index (χ1) is 18.8. The van der Waals surface area contributed by atoms with Crippen molar-refractivity contribution in [1.29, 1.82) is 5.26 Å². The minimum Gasteiger partial charge on any atom is -0.334 e. The number of nitriles is 1. The van der Waals surface area contributed by atoms with E-state index in [2.05, 4.69) is 33.6 Å². The molecule has 2 N–H and O–H groups in total. The van der Waals surface area contributed by atoms with Gasteiger partial charge in [0.15, 0.2) is 0 Å². The van der Waals surface area contributed by atoms with Crippen molar-refractivity contribution in [3.63, 3.8) is 0 Å². The fourth-order valence-corrected chi connectivity index (χ4v) is 4.57. The van der Waals surface area contributed by atoms with Crippen molar-refractivity contribution in [1.82, 2.24) is 9.97 Å². The summed E-state index contributed by atoms with van der Waals surface area (Å²) in [4.78, 5) is 19.8. The first-order valence-corrected chi connectivity index (χ1v) is 13.1. The topological polar surface area (TPSA) is 117 Å². The average molecular weight is 561 g/mol. The third-order valence-corrected chi connectivity index (χ3v) is 6.86. The van der Waals surface area contributed by atoms with E-state index in [4.69, 9.17) is 23.2 Å². The monoisotopic (exact) mass is 560 g/mol. The van der Waals surface area contributed by atoms with Crippen LogP contribution in [0.3, 0.4) is 0 Å². The number of aromatic nitrogens is 2. The van der Waals surface area contributed by atoms with Crippen LogP contribution < -0.4 is 10.6 Å². The van der Waals surface area contributed by atoms with E-state index in [1.54, 1.807) is 36.4 Å². The molecule has 8 nitrogen and oxygen atoms in total. The quantitative estimate of drug-likeness (QED) is 0.147. The van der Waals surface area contributed by atoms with E-state index in [9.17, 15) is 15.4 Å². The molecule has 0 amide bonds. The van der Waals surface area contributed by atoms with Crippen molar-refractivity contribution in [3.8, 4) is 6.07 Å². The summed E-state index contributed by atoms with van der Waals surface area (Å²) < 4.78 is 0. The van der Waals surface area contributed by atoms with E-state index in [0.29, 0.717) is 27.0 Å². The smallest absolute Gasteiger partial charge is 0.334 e. The highest BCUT2D eigenvalue weighted by molar-refractivity contribution is 6.32. The summed E-state index contributed by atoms with van der Waals surface area (Å²) in [6.07, 6.45) is 4.44. The second-order valence-electron chi connectivity index (χ2n) is 9.03. The third kappa shape index (κ3) is 6.63. The van der Waals surface area contributed by atoms with Gasteiger partial charge < -0.3 is 10.6 Å². The van der Waals surface area contributed by atoms with Crippen molar-refractivity contribution in [2.45, 2.75) is 39.0 Å². The van der Waals surface area contributed by atoms with Gasteiger partial charge in [-0.1, -0.05) is 66.9 Å². The highest BCUT2D eigenvalue weighted by atomic mass is 35.5. The number of aryl methyl sites for hydroxylation is 2. The summed E-state index contributed by atoms with van der Waals surface area (Å²) in [5.74, 6) is -0.537. The van der Waals surface area contributed by atoms with Gasteiger partial charge in [0, 0.05) is 21.4 Å². The van der Waals surface area contributed by atoms with Gasteiger partial charge >= 0.3 is 5.69 Å². The van der Waals surface area contributed by atoms with Gasteiger partial charge in [0.25, 0.3) is 0 Å². The van der Waals surface area contributed by atoms with Gasteiger partial charge in [-0.05, 0) is 72.4 Å². The average Bonchev–Trinajstić information content (AvgIpc) is 2.92. The molecule has 0 fully saturated rings. The van der Waals surface area contributed by atoms with Crippen LogP contribution in [0.1, 0.15) is 47.9 Å². The molecule has 4 rings (SSSR count). The maximum Gasteiger partial charge on any atom is 0.353 e. The van der Waals surface area contributed by atoms with Gasteiger partial charge in [0.2, 0.25) is 11.6 Å². The molecule has 0 saturated carbocycles. The number of hydrogen-bond acceptors (Lipinski definition) is 7. The Balaban J connectivity index is 1.62. The van der Waals surface area contributed by atoms with E-state index in [1.807, 2.05) is 31.2 Å². The highest BCUT2D eigenvalue weighted by Crippen LogP contribution is 2.38. The minimum atomic E-state index is -0.611. The second-order valence-corrected chi connectivity index (χ2v) is 9.87. The van der Waals surface area contributed by atoms with Crippen LogP contribution in [0.5, 0.6) is 0 Å². The Kier molecular flexibility index (Phi) is 8.97. The number of hydrogen-bond donors (Lipinski definition) is 2. The van der Waals surface area contributed by atoms with Crippen LogP contribution in [0.2, 0.25) is 10.0 Å². The van der Waals surface area contributed by atoms with E-state index in [0.717, 1.165) is 30.4 Å². The number of nitrogens with one attached hydrogen (secondary N) is 2. The number of benzene rings is 3. The number of nitrogens with zero attached hydrogens (tertiary/aromatic N) is 4. The Labute approximate surface area is 236 Å². The Hall–Kier alpha value is -4.19. The predicted molar refractivity (Wildman–Crippen MR) is 155 cm³/mol. The fourth-order valence-electron chi connectivity index (χ4n) is 4.17. The van der Waals surface area contributed by atoms with Crippen molar-refractivity contribution < 1.29 is 4.92 Å². The van der Waals surface area contributed by atoms with Gasteiger partial charge in [0.05, 0.1) is 16.9 Å². The predicted octanol–water partition coefficient (Wildman–Crippen LogP) is 8.49. The SMILES string of the molecule is CCCCc1ccc(Nc2ncnc(Nc3cc(Cl)c(C(C#N)c4ccc(Cl)cc4)cc3C)c2[N+](=O)[O-])cc1. The van der Waals surface area contributed by atoms with Crippen LogP contribution in [-0.2, 0) is 6.42 Å². The maximum atomic E-state index is 12.1. The Morgan fingerprint density at radius 1 is 1.03 bits per heavy atom. The van der Waals surface area contributed by atoms with Crippen LogP contribution in [0.4, 0.5) is 28.7 Å². The maximum absolute atomic E-state index is 12.1. The lowest BCUT2D eigenvalue weighted by Gasteiger charge is -2.17. The van der Waals surface area contributed by atoms with Gasteiger partial charge in [0.1, 0.15) is 6.33 Å². The summed E-state index contributed by atoms with van der Waals surface area (Å²) in [5, 5.41) is 28.9. The molecule has 1 atom stereocenters. The summed E-state index contributed by atoms with van der Waals surface area (Å²) >= 11 is 12.6. The van der Waals surface area contributed by atoms with Crippen LogP contribution >= 0.6 is 23.2 Å². The van der Waals surface area contributed by atoms with Gasteiger partial charge in [-0.15, -0.1) is 0 Å². The fraction of sp³-hybridized carbons (Fsp3) is 0.207. The molecule has 4 aromatic rings. The lowest BCUT2D eigenvalue weighted by molar-refractivity contribution is -0.383. The van der Waals surface area contributed by atoms with Crippen molar-refractivity contribution in [2.75, 3.05) is 10.6 Å². The summed E-state index contributed by atoms with van der Waals surface area (Å²) in [6, 6.07) is 20.5. The Bertz CT molecular complexity index is 1520. The molecule has 0 bridgehead atoms. The van der Waals surface area contributed by atoms with Crippen LogP contribution in [-0.4, -0.2) is 14.9 Å². The lowest BCUT2D eigenvalue weighted by atomic mass is 9.91. The molecular weight excluding hydrogens is 535 g/mol. The Morgan fingerprint density at radius 2 is 1.69 bits per heavy atom. The van der Waals surface area contributed by atoms with E-state index < -0.39 is 10.8 Å². The zero-order chi connectivity index (χ0) is 27.9. The van der Waals surface area contributed by atoms with Gasteiger partial charge in [-0.3, -0.25) is 10.1 Å². The third-order valence-electron chi connectivity index (χ3n) is 6.28. The zero-order valence-electron chi connectivity index (χ0n) is 21.4. The van der Waals surface area contributed by atoms with E-state index >= 15 is 0 Å². The molecule has 0 radical (unpaired) electrons. The van der Waals surface area contributed by atoms with Crippen molar-refractivity contribution in [3.05, 3.63) is 109 Å². The zero-order valence-corrected chi connectivity index (χ0v) is 22.9. The van der Waals surface area contributed by atoms with Crippen LogP contribution in [0, 0.1) is 28.4 Å². The molecule has 198 valence electrons. The second kappa shape index (κ2) is 12.6. The number of unbranched alkanes of at least 4 members (excludes halogenated alkanes) is 1. The van der Waals surface area contributed by atoms with Crippen molar-refractivity contribution in [2.24, 2.45) is 0 Å². The molecule has 10 heteroatoms. The molecule has 1 heterocycles. The van der Waals surface area contributed by atoms with Crippen LogP contribution in [0.15, 0.2) is 67.0 Å². The number of anilines is 4. The summed E-state index contributed by atoms with van der Waals surface area (Å²) in [5.41, 5.74) is 4.20. The molecule has 39 heavy (non-hydrogen) atoms. The summed E-state index contributed by atoms with van der Waals surface area (Å²) in [7, 11) is 0. The molecule has 1 aromatic heterocycles. The van der Waals surface area contributed by atoms with Gasteiger partial charge in [-0.25, -0.2) is 9.97 Å². The van der Waals surface area contributed by atoms with Gasteiger partial charge in [-0.2, -0.15) is 5.26 Å². The normalized spacial score (nSPS) is 11.5. The highest BCUT2D eigenvalue weighted by Gasteiger charge is 2.25. The largest absolute Gasteiger partial charge is 0.353 e. The lowest BCUT2D eigenvalue weighted by Crippen LogP contribution is -2.07. The molecule has 0 aliphatic heterocycles. The summed E-state index contributed by atoms with van der Waals surface area (Å²) in [6.45, 7) is 3.97. The molecular formula is C29H26Cl2N6O2. The molecule has 0 aliphatic rings. The number of nitro groups is 1. The number of halogens is 2. The molecule has 1 unspecified atom stereocenters. The van der Waals surface area contributed by atoms with Crippen LogP contribution in [0.25, 0.3) is 0 Å². The van der Waals surface area contributed by atoms with E-state index in [1.165, 1.54) is 11.9 Å². The first kappa shape index (κ1) is 27.8. The number of rotatable bonds is 10. The minimum absolute atomic E-state index is 0.0125.